The molecular formula is C8H5Br2O. The molecule has 1 aromatic rings. The van der Waals surface area contributed by atoms with Gasteiger partial charge in [-0.25, -0.2) is 0 Å². The minimum absolute atomic E-state index is 0.174. The first-order chi connectivity index (χ1) is 5.09. The van der Waals surface area contributed by atoms with E-state index in [1.54, 1.807) is 12.1 Å². The van der Waals surface area contributed by atoms with Crippen LogP contribution in [-0.2, 0) is 0 Å². The Morgan fingerprint density at radius 2 is 1.64 bits per heavy atom. The molecule has 1 rings (SSSR count). The summed E-state index contributed by atoms with van der Waals surface area (Å²) in [6.45, 7) is 3.31. The molecule has 0 saturated carbocycles. The lowest BCUT2D eigenvalue weighted by Gasteiger charge is -1.97. The van der Waals surface area contributed by atoms with Crippen LogP contribution < -0.4 is 0 Å². The second-order valence-corrected chi connectivity index (χ2v) is 3.91. The SMILES string of the molecule is [CH2]C(=O)c1cc(Br)cc(Br)c1. The molecule has 3 heteroatoms. The Labute approximate surface area is 82.1 Å². The van der Waals surface area contributed by atoms with Crippen molar-refractivity contribution in [3.63, 3.8) is 0 Å². The Balaban J connectivity index is 3.19. The quantitative estimate of drug-likeness (QED) is 0.720. The molecule has 0 aliphatic carbocycles. The summed E-state index contributed by atoms with van der Waals surface area (Å²) in [4.78, 5) is 10.8. The van der Waals surface area contributed by atoms with Gasteiger partial charge in [0.05, 0.1) is 0 Å². The standard InChI is InChI=1S/C8H5Br2O/c1-5(11)6-2-7(9)4-8(10)3-6/h2-4H,1H2. The number of hydrogen-bond acceptors (Lipinski definition) is 1. The van der Waals surface area contributed by atoms with Crippen molar-refractivity contribution in [2.45, 2.75) is 0 Å². The van der Waals surface area contributed by atoms with Gasteiger partial charge in [0.2, 0.25) is 0 Å². The van der Waals surface area contributed by atoms with E-state index < -0.39 is 0 Å². The minimum Gasteiger partial charge on any atom is -0.294 e. The Morgan fingerprint density at radius 3 is 2.00 bits per heavy atom. The summed E-state index contributed by atoms with van der Waals surface area (Å²) in [5, 5.41) is 0. The largest absolute Gasteiger partial charge is 0.294 e. The van der Waals surface area contributed by atoms with Gasteiger partial charge in [-0.05, 0) is 18.2 Å². The van der Waals surface area contributed by atoms with Gasteiger partial charge < -0.3 is 0 Å². The molecule has 11 heavy (non-hydrogen) atoms. The highest BCUT2D eigenvalue weighted by molar-refractivity contribution is 9.11. The normalized spacial score (nSPS) is 9.73. The van der Waals surface area contributed by atoms with Crippen molar-refractivity contribution < 1.29 is 4.79 Å². The molecule has 0 aromatic heterocycles. The van der Waals surface area contributed by atoms with Crippen LogP contribution in [-0.4, -0.2) is 5.78 Å². The first-order valence-electron chi connectivity index (χ1n) is 2.92. The average Bonchev–Trinajstić information content (AvgIpc) is 1.85. The van der Waals surface area contributed by atoms with E-state index in [4.69, 9.17) is 0 Å². The van der Waals surface area contributed by atoms with Gasteiger partial charge in [-0.2, -0.15) is 0 Å². The summed E-state index contributed by atoms with van der Waals surface area (Å²) in [6, 6.07) is 5.34. The average molecular weight is 277 g/mol. The van der Waals surface area contributed by atoms with E-state index >= 15 is 0 Å². The minimum atomic E-state index is -0.174. The summed E-state index contributed by atoms with van der Waals surface area (Å²) in [5.41, 5.74) is 0.603. The maximum atomic E-state index is 10.8. The zero-order valence-electron chi connectivity index (χ0n) is 5.60. The van der Waals surface area contributed by atoms with Crippen LogP contribution in [0.15, 0.2) is 27.1 Å². The summed E-state index contributed by atoms with van der Waals surface area (Å²) >= 11 is 6.54. The molecule has 57 valence electrons. The van der Waals surface area contributed by atoms with Crippen molar-refractivity contribution in [1.82, 2.24) is 0 Å². The predicted octanol–water partition coefficient (Wildman–Crippen LogP) is 3.23. The number of hydrogen-bond donors (Lipinski definition) is 0. The Hall–Kier alpha value is -0.150. The number of rotatable bonds is 1. The predicted molar refractivity (Wildman–Crippen MR) is 51.5 cm³/mol. The summed E-state index contributed by atoms with van der Waals surface area (Å²) in [5.74, 6) is -0.174. The maximum absolute atomic E-state index is 10.8. The fourth-order valence-corrected chi connectivity index (χ4v) is 2.01. The molecular weight excluding hydrogens is 272 g/mol. The zero-order chi connectivity index (χ0) is 8.43. The fraction of sp³-hybridized carbons (Fsp3) is 0. The number of halogens is 2. The van der Waals surface area contributed by atoms with Crippen LogP contribution in [0.2, 0.25) is 0 Å². The van der Waals surface area contributed by atoms with E-state index in [1.807, 2.05) is 6.07 Å². The molecule has 0 atom stereocenters. The third-order valence-corrected chi connectivity index (χ3v) is 2.10. The van der Waals surface area contributed by atoms with Gasteiger partial charge in [0.1, 0.15) is 0 Å². The smallest absolute Gasteiger partial charge is 0.163 e. The van der Waals surface area contributed by atoms with Crippen molar-refractivity contribution in [3.8, 4) is 0 Å². The van der Waals surface area contributed by atoms with Crippen molar-refractivity contribution in [3.05, 3.63) is 39.6 Å². The van der Waals surface area contributed by atoms with E-state index in [0.717, 1.165) is 8.95 Å². The second kappa shape index (κ2) is 3.50. The van der Waals surface area contributed by atoms with Crippen LogP contribution >= 0.6 is 31.9 Å². The molecule has 0 fully saturated rings. The van der Waals surface area contributed by atoms with Crippen LogP contribution in [0.1, 0.15) is 10.4 Å². The molecule has 1 radical (unpaired) electrons. The van der Waals surface area contributed by atoms with Gasteiger partial charge in [-0.15, -0.1) is 0 Å². The first kappa shape index (κ1) is 8.94. The lowest BCUT2D eigenvalue weighted by Crippen LogP contribution is -1.91. The van der Waals surface area contributed by atoms with Crippen LogP contribution in [0.5, 0.6) is 0 Å². The van der Waals surface area contributed by atoms with Gasteiger partial charge in [-0.3, -0.25) is 4.79 Å². The number of carbonyl (C=O) groups is 1. The van der Waals surface area contributed by atoms with Gasteiger partial charge >= 0.3 is 0 Å². The molecule has 0 heterocycles. The molecule has 1 nitrogen and oxygen atoms in total. The number of benzene rings is 1. The third kappa shape index (κ3) is 2.42. The van der Waals surface area contributed by atoms with E-state index in [9.17, 15) is 4.79 Å². The van der Waals surface area contributed by atoms with Crippen LogP contribution in [0.25, 0.3) is 0 Å². The second-order valence-electron chi connectivity index (χ2n) is 2.08. The number of Topliss-reactive ketones (excluding diaryl/α,β-unsaturated/α-hetero) is 1. The fourth-order valence-electron chi connectivity index (χ4n) is 0.715. The molecule has 0 unspecified atom stereocenters. The van der Waals surface area contributed by atoms with Crippen molar-refractivity contribution >= 4 is 37.6 Å². The summed E-state index contributed by atoms with van der Waals surface area (Å²) in [7, 11) is 0. The van der Waals surface area contributed by atoms with Gasteiger partial charge in [0.15, 0.2) is 5.78 Å². The monoisotopic (exact) mass is 275 g/mol. The van der Waals surface area contributed by atoms with Crippen molar-refractivity contribution in [1.29, 1.82) is 0 Å². The van der Waals surface area contributed by atoms with E-state index in [2.05, 4.69) is 38.8 Å². The number of carbonyl (C=O) groups excluding carboxylic acids is 1. The topological polar surface area (TPSA) is 17.1 Å². The van der Waals surface area contributed by atoms with Crippen LogP contribution in [0.3, 0.4) is 0 Å². The van der Waals surface area contributed by atoms with E-state index in [1.165, 1.54) is 0 Å². The van der Waals surface area contributed by atoms with Gasteiger partial charge in [0.25, 0.3) is 0 Å². The van der Waals surface area contributed by atoms with E-state index in [0.29, 0.717) is 5.56 Å². The highest BCUT2D eigenvalue weighted by atomic mass is 79.9. The molecule has 0 spiro atoms. The van der Waals surface area contributed by atoms with Crippen LogP contribution in [0, 0.1) is 6.92 Å². The van der Waals surface area contributed by atoms with E-state index in [-0.39, 0.29) is 5.78 Å². The maximum Gasteiger partial charge on any atom is 0.163 e. The lowest BCUT2D eigenvalue weighted by atomic mass is 10.2. The van der Waals surface area contributed by atoms with Crippen molar-refractivity contribution in [2.75, 3.05) is 0 Å². The summed E-state index contributed by atoms with van der Waals surface area (Å²) in [6.07, 6.45) is 0. The molecule has 0 aliphatic rings. The van der Waals surface area contributed by atoms with Gasteiger partial charge in [-0.1, -0.05) is 31.9 Å². The highest BCUT2D eigenvalue weighted by Gasteiger charge is 2.00. The zero-order valence-corrected chi connectivity index (χ0v) is 8.78. The molecule has 1 aromatic carbocycles. The molecule has 0 bridgehead atoms. The Kier molecular flexibility index (Phi) is 2.84. The first-order valence-corrected chi connectivity index (χ1v) is 4.50. The Morgan fingerprint density at radius 1 is 1.18 bits per heavy atom. The molecule has 0 N–H and O–H groups in total. The van der Waals surface area contributed by atoms with Gasteiger partial charge in [0, 0.05) is 21.4 Å². The third-order valence-electron chi connectivity index (χ3n) is 1.18. The highest BCUT2D eigenvalue weighted by Crippen LogP contribution is 2.20. The molecule has 0 aliphatic heterocycles. The molecule has 0 saturated heterocycles. The summed E-state index contributed by atoms with van der Waals surface area (Å²) < 4.78 is 1.75. The number of ketones is 1. The van der Waals surface area contributed by atoms with Crippen LogP contribution in [0.4, 0.5) is 0 Å². The lowest BCUT2D eigenvalue weighted by molar-refractivity contribution is 0.104. The Bertz CT molecular complexity index is 274. The van der Waals surface area contributed by atoms with Crippen molar-refractivity contribution in [2.24, 2.45) is 0 Å². The molecule has 0 amide bonds.